The van der Waals surface area contributed by atoms with E-state index in [0.29, 0.717) is 10.6 Å². The molecular formula is C11H15NO2S. The summed E-state index contributed by atoms with van der Waals surface area (Å²) in [6.45, 7) is 4.43. The molecule has 3 N–H and O–H groups in total. The first-order chi connectivity index (χ1) is 6.91. The van der Waals surface area contributed by atoms with E-state index in [-0.39, 0.29) is 5.41 Å². The van der Waals surface area contributed by atoms with Gasteiger partial charge in [-0.05, 0) is 30.2 Å². The molecule has 0 amide bonds. The van der Waals surface area contributed by atoms with E-state index in [0.717, 1.165) is 24.8 Å². The van der Waals surface area contributed by atoms with Gasteiger partial charge in [0.2, 0.25) is 0 Å². The molecule has 0 radical (unpaired) electrons. The van der Waals surface area contributed by atoms with Crippen molar-refractivity contribution in [2.45, 2.75) is 33.1 Å². The molecule has 1 aliphatic rings. The van der Waals surface area contributed by atoms with Crippen molar-refractivity contribution < 1.29 is 9.90 Å². The minimum absolute atomic E-state index is 0.278. The molecule has 1 aliphatic carbocycles. The van der Waals surface area contributed by atoms with Gasteiger partial charge in [0, 0.05) is 4.88 Å². The number of nitrogens with two attached hydrogens (primary N) is 1. The Kier molecular flexibility index (Phi) is 2.26. The summed E-state index contributed by atoms with van der Waals surface area (Å²) in [5, 5.41) is 9.53. The monoisotopic (exact) mass is 225 g/mol. The number of carbonyl (C=O) groups is 1. The molecule has 4 heteroatoms. The van der Waals surface area contributed by atoms with Crippen molar-refractivity contribution in [2.24, 2.45) is 5.41 Å². The quantitative estimate of drug-likeness (QED) is 0.772. The third kappa shape index (κ3) is 1.74. The number of nitrogen functional groups attached to an aromatic ring is 1. The molecule has 1 aromatic rings. The van der Waals surface area contributed by atoms with Gasteiger partial charge in [-0.25, -0.2) is 4.79 Å². The van der Waals surface area contributed by atoms with Crippen LogP contribution >= 0.6 is 11.3 Å². The molecule has 2 rings (SSSR count). The summed E-state index contributed by atoms with van der Waals surface area (Å²) in [6.07, 6.45) is 2.83. The lowest BCUT2D eigenvalue weighted by atomic mass is 9.77. The second-order valence-corrected chi connectivity index (χ2v) is 6.03. The summed E-state index contributed by atoms with van der Waals surface area (Å²) in [6, 6.07) is 0. The molecule has 82 valence electrons. The smallest absolute Gasteiger partial charge is 0.338 e. The Morgan fingerprint density at radius 2 is 2.20 bits per heavy atom. The molecule has 1 aromatic heterocycles. The number of aromatic carboxylic acids is 1. The van der Waals surface area contributed by atoms with E-state index in [1.165, 1.54) is 16.2 Å². The lowest BCUT2D eigenvalue weighted by molar-refractivity contribution is 0.0696. The third-order valence-electron chi connectivity index (χ3n) is 3.02. The van der Waals surface area contributed by atoms with Gasteiger partial charge in [0.25, 0.3) is 0 Å². The van der Waals surface area contributed by atoms with Crippen LogP contribution < -0.4 is 5.73 Å². The van der Waals surface area contributed by atoms with E-state index >= 15 is 0 Å². The van der Waals surface area contributed by atoms with Gasteiger partial charge in [0.05, 0.1) is 5.56 Å². The zero-order chi connectivity index (χ0) is 11.2. The average Bonchev–Trinajstić information content (AvgIpc) is 2.37. The van der Waals surface area contributed by atoms with Crippen molar-refractivity contribution >= 4 is 22.3 Å². The van der Waals surface area contributed by atoms with Gasteiger partial charge in [-0.3, -0.25) is 0 Å². The van der Waals surface area contributed by atoms with Crippen molar-refractivity contribution in [1.29, 1.82) is 0 Å². The Morgan fingerprint density at radius 3 is 2.80 bits per heavy atom. The van der Waals surface area contributed by atoms with E-state index in [2.05, 4.69) is 13.8 Å². The van der Waals surface area contributed by atoms with Crippen LogP contribution in [0.5, 0.6) is 0 Å². The second-order valence-electron chi connectivity index (χ2n) is 4.89. The van der Waals surface area contributed by atoms with Crippen LogP contribution in [0.4, 0.5) is 5.00 Å². The fraction of sp³-hybridized carbons (Fsp3) is 0.545. The van der Waals surface area contributed by atoms with Gasteiger partial charge in [-0.15, -0.1) is 11.3 Å². The third-order valence-corrected chi connectivity index (χ3v) is 4.08. The van der Waals surface area contributed by atoms with Crippen molar-refractivity contribution in [3.05, 3.63) is 16.0 Å². The van der Waals surface area contributed by atoms with E-state index in [1.807, 2.05) is 0 Å². The molecule has 0 unspecified atom stereocenters. The molecule has 0 spiro atoms. The number of hydrogen-bond acceptors (Lipinski definition) is 3. The molecule has 0 saturated heterocycles. The number of fused-ring (bicyclic) bond motifs is 1. The standard InChI is InChI=1S/C11H15NO2S/c1-11(2)4-3-6-7(5-11)15-9(12)8(6)10(13)14/h3-5,12H2,1-2H3,(H,13,14). The van der Waals surface area contributed by atoms with Gasteiger partial charge in [0.1, 0.15) is 5.00 Å². The molecular weight excluding hydrogens is 210 g/mol. The maximum atomic E-state index is 11.0. The first-order valence-corrected chi connectivity index (χ1v) is 5.86. The van der Waals surface area contributed by atoms with E-state index in [9.17, 15) is 4.79 Å². The van der Waals surface area contributed by atoms with Crippen molar-refractivity contribution in [3.63, 3.8) is 0 Å². The summed E-state index contributed by atoms with van der Waals surface area (Å²) in [4.78, 5) is 12.2. The van der Waals surface area contributed by atoms with Crippen LogP contribution in [-0.2, 0) is 12.8 Å². The lowest BCUT2D eigenvalue weighted by Gasteiger charge is -2.29. The molecule has 0 saturated carbocycles. The van der Waals surface area contributed by atoms with Crippen LogP contribution in [-0.4, -0.2) is 11.1 Å². The Morgan fingerprint density at radius 1 is 1.53 bits per heavy atom. The van der Waals surface area contributed by atoms with Crippen LogP contribution in [0.2, 0.25) is 0 Å². The summed E-state index contributed by atoms with van der Waals surface area (Å²) in [5.41, 5.74) is 7.35. The van der Waals surface area contributed by atoms with Gasteiger partial charge >= 0.3 is 5.97 Å². The fourth-order valence-corrected chi connectivity index (χ4v) is 3.53. The van der Waals surface area contributed by atoms with E-state index in [4.69, 9.17) is 10.8 Å². The highest BCUT2D eigenvalue weighted by molar-refractivity contribution is 7.16. The zero-order valence-corrected chi connectivity index (χ0v) is 9.78. The maximum Gasteiger partial charge on any atom is 0.338 e. The van der Waals surface area contributed by atoms with Crippen LogP contribution in [0.3, 0.4) is 0 Å². The SMILES string of the molecule is CC1(C)CCc2c(sc(N)c2C(=O)O)C1. The van der Waals surface area contributed by atoms with Gasteiger partial charge in [-0.1, -0.05) is 13.8 Å². The first-order valence-electron chi connectivity index (χ1n) is 5.04. The average molecular weight is 225 g/mol. The van der Waals surface area contributed by atoms with Crippen LogP contribution in [0, 0.1) is 5.41 Å². The van der Waals surface area contributed by atoms with E-state index in [1.54, 1.807) is 0 Å². The van der Waals surface area contributed by atoms with Crippen molar-refractivity contribution in [3.8, 4) is 0 Å². The summed E-state index contributed by atoms with van der Waals surface area (Å²) in [5.74, 6) is -0.885. The van der Waals surface area contributed by atoms with Crippen LogP contribution in [0.1, 0.15) is 41.1 Å². The number of rotatable bonds is 1. The highest BCUT2D eigenvalue weighted by Gasteiger charge is 2.31. The topological polar surface area (TPSA) is 63.3 Å². The van der Waals surface area contributed by atoms with E-state index < -0.39 is 5.97 Å². The number of hydrogen-bond donors (Lipinski definition) is 2. The predicted molar refractivity (Wildman–Crippen MR) is 61.5 cm³/mol. The Balaban J connectivity index is 2.48. The van der Waals surface area contributed by atoms with Crippen LogP contribution in [0.15, 0.2) is 0 Å². The number of anilines is 1. The zero-order valence-electron chi connectivity index (χ0n) is 8.96. The van der Waals surface area contributed by atoms with Crippen molar-refractivity contribution in [1.82, 2.24) is 0 Å². The Hall–Kier alpha value is -1.03. The highest BCUT2D eigenvalue weighted by Crippen LogP contribution is 2.42. The molecule has 0 fully saturated rings. The summed E-state index contributed by atoms with van der Waals surface area (Å²) in [7, 11) is 0. The van der Waals surface area contributed by atoms with Crippen molar-refractivity contribution in [2.75, 3.05) is 5.73 Å². The first kappa shape index (κ1) is 10.5. The largest absolute Gasteiger partial charge is 0.478 e. The van der Waals surface area contributed by atoms with Gasteiger partial charge in [-0.2, -0.15) is 0 Å². The molecule has 0 aromatic carbocycles. The highest BCUT2D eigenvalue weighted by atomic mass is 32.1. The lowest BCUT2D eigenvalue weighted by Crippen LogP contribution is -2.21. The molecule has 0 atom stereocenters. The van der Waals surface area contributed by atoms with Crippen LogP contribution in [0.25, 0.3) is 0 Å². The fourth-order valence-electron chi connectivity index (χ4n) is 2.16. The Bertz CT molecular complexity index is 420. The normalized spacial score (nSPS) is 18.5. The van der Waals surface area contributed by atoms with Gasteiger partial charge in [0.15, 0.2) is 0 Å². The predicted octanol–water partition coefficient (Wildman–Crippen LogP) is 2.54. The minimum Gasteiger partial charge on any atom is -0.478 e. The molecule has 0 aliphatic heterocycles. The maximum absolute atomic E-state index is 11.0. The molecule has 1 heterocycles. The molecule has 3 nitrogen and oxygen atoms in total. The van der Waals surface area contributed by atoms with Gasteiger partial charge < -0.3 is 10.8 Å². The second kappa shape index (κ2) is 3.23. The molecule has 15 heavy (non-hydrogen) atoms. The number of carboxylic acids is 1. The summed E-state index contributed by atoms with van der Waals surface area (Å²) < 4.78 is 0. The number of carboxylic acid groups (broad SMARTS) is 1. The Labute approximate surface area is 92.9 Å². The minimum atomic E-state index is -0.885. The number of thiophene rings is 1. The summed E-state index contributed by atoms with van der Waals surface area (Å²) >= 11 is 1.44. The molecule has 0 bridgehead atoms.